The number of nitrogens with zero attached hydrogens (tertiary/aromatic N) is 2. The van der Waals surface area contributed by atoms with Crippen molar-refractivity contribution in [2.24, 2.45) is 4.99 Å². The van der Waals surface area contributed by atoms with Crippen LogP contribution in [0.1, 0.15) is 23.6 Å². The normalized spacial score (nSPS) is 15.8. The minimum absolute atomic E-state index is 0.0984. The Labute approximate surface area is 219 Å². The highest BCUT2D eigenvalue weighted by atomic mass is 35.5. The fraction of sp³-hybridized carbons (Fsp3) is 0.185. The molecular weight excluding hydrogens is 503 g/mol. The summed E-state index contributed by atoms with van der Waals surface area (Å²) >= 11 is 13.4. The van der Waals surface area contributed by atoms with Crippen LogP contribution in [0.3, 0.4) is 0 Å². The molecule has 0 unspecified atom stereocenters. The quantitative estimate of drug-likeness (QED) is 0.299. The Balaban J connectivity index is 1.53. The molecule has 3 aromatic carbocycles. The summed E-state index contributed by atoms with van der Waals surface area (Å²) in [5, 5.41) is 1.62. The topological polar surface area (TPSA) is 51.1 Å². The summed E-state index contributed by atoms with van der Waals surface area (Å²) in [5.74, 6) is 1.10. The van der Waals surface area contributed by atoms with E-state index in [0.717, 1.165) is 22.4 Å². The molecule has 0 spiro atoms. The molecule has 1 saturated heterocycles. The Bertz CT molecular complexity index is 1310. The zero-order valence-corrected chi connectivity index (χ0v) is 21.9. The Hall–Kier alpha value is -2.93. The molecule has 1 fully saturated rings. The van der Waals surface area contributed by atoms with Gasteiger partial charge in [0, 0.05) is 7.05 Å². The van der Waals surface area contributed by atoms with Crippen molar-refractivity contribution in [2.45, 2.75) is 20.5 Å². The first-order valence-corrected chi connectivity index (χ1v) is 12.6. The number of rotatable bonds is 7. The number of aliphatic imine (C=N–C) groups is 1. The van der Waals surface area contributed by atoms with Crippen LogP contribution >= 0.6 is 35.0 Å². The van der Waals surface area contributed by atoms with Crippen LogP contribution in [-0.4, -0.2) is 29.6 Å². The minimum atomic E-state index is -0.0984. The molecule has 0 radical (unpaired) electrons. The van der Waals surface area contributed by atoms with Crippen molar-refractivity contribution < 1.29 is 14.3 Å². The maximum absolute atomic E-state index is 12.8. The van der Waals surface area contributed by atoms with Crippen LogP contribution in [0, 0.1) is 6.92 Å². The van der Waals surface area contributed by atoms with Crippen molar-refractivity contribution in [2.75, 3.05) is 13.7 Å². The predicted molar refractivity (Wildman–Crippen MR) is 145 cm³/mol. The lowest BCUT2D eigenvalue weighted by Crippen LogP contribution is -2.23. The van der Waals surface area contributed by atoms with E-state index in [0.29, 0.717) is 44.8 Å². The first-order valence-electron chi connectivity index (χ1n) is 11.0. The zero-order chi connectivity index (χ0) is 24.9. The van der Waals surface area contributed by atoms with E-state index in [1.807, 2.05) is 68.5 Å². The molecule has 3 aromatic rings. The molecule has 1 aliphatic rings. The third-order valence-electron chi connectivity index (χ3n) is 5.21. The molecule has 4 rings (SSSR count). The number of aryl methyl sites for hydroxylation is 1. The van der Waals surface area contributed by atoms with Crippen molar-refractivity contribution in [3.63, 3.8) is 0 Å². The molecule has 180 valence electrons. The van der Waals surface area contributed by atoms with Gasteiger partial charge in [0.15, 0.2) is 16.7 Å². The molecule has 0 N–H and O–H groups in total. The van der Waals surface area contributed by atoms with E-state index in [2.05, 4.69) is 4.99 Å². The molecular formula is C27H24Cl2N2O3S. The van der Waals surface area contributed by atoms with Crippen LogP contribution in [0.5, 0.6) is 11.5 Å². The Morgan fingerprint density at radius 1 is 0.971 bits per heavy atom. The number of benzene rings is 3. The summed E-state index contributed by atoms with van der Waals surface area (Å²) < 4.78 is 11.8. The van der Waals surface area contributed by atoms with E-state index in [-0.39, 0.29) is 5.91 Å². The molecule has 1 amide bonds. The second-order valence-electron chi connectivity index (χ2n) is 7.88. The van der Waals surface area contributed by atoms with E-state index in [1.54, 1.807) is 24.1 Å². The Morgan fingerprint density at radius 2 is 1.74 bits per heavy atom. The van der Waals surface area contributed by atoms with Crippen LogP contribution in [0.4, 0.5) is 5.69 Å². The third-order valence-corrected chi connectivity index (χ3v) is 7.01. The Kier molecular flexibility index (Phi) is 8.06. The van der Waals surface area contributed by atoms with Gasteiger partial charge in [0.1, 0.15) is 6.61 Å². The Morgan fingerprint density at radius 3 is 2.46 bits per heavy atom. The third kappa shape index (κ3) is 6.20. The van der Waals surface area contributed by atoms with Crippen molar-refractivity contribution in [1.82, 2.24) is 4.90 Å². The summed E-state index contributed by atoms with van der Waals surface area (Å²) in [6.07, 6.45) is 1.84. The SMILES string of the molecule is CCOc1cc(/C=C2/SC(=Nc3ccc(C)cc3)N(C)C2=O)ccc1OCc1ccc(Cl)c(Cl)c1. The van der Waals surface area contributed by atoms with Gasteiger partial charge in [-0.15, -0.1) is 0 Å². The first-order chi connectivity index (χ1) is 16.8. The zero-order valence-electron chi connectivity index (χ0n) is 19.5. The number of amides is 1. The highest BCUT2D eigenvalue weighted by Crippen LogP contribution is 2.35. The van der Waals surface area contributed by atoms with Crippen LogP contribution in [0.25, 0.3) is 6.08 Å². The molecule has 0 atom stereocenters. The fourth-order valence-electron chi connectivity index (χ4n) is 3.33. The average molecular weight is 527 g/mol. The predicted octanol–water partition coefficient (Wildman–Crippen LogP) is 7.51. The first kappa shape index (κ1) is 25.2. The van der Waals surface area contributed by atoms with Crippen molar-refractivity contribution in [3.05, 3.63) is 92.3 Å². The molecule has 0 aromatic heterocycles. The summed E-state index contributed by atoms with van der Waals surface area (Å²) in [4.78, 5) is 19.6. The van der Waals surface area contributed by atoms with Crippen LogP contribution in [0.2, 0.25) is 10.0 Å². The maximum atomic E-state index is 12.8. The smallest absolute Gasteiger partial charge is 0.266 e. The number of hydrogen-bond acceptors (Lipinski definition) is 5. The number of likely N-dealkylation sites (N-methyl/N-ethyl adjacent to an activating group) is 1. The van der Waals surface area contributed by atoms with Gasteiger partial charge in [-0.2, -0.15) is 0 Å². The lowest BCUT2D eigenvalue weighted by Gasteiger charge is -2.13. The fourth-order valence-corrected chi connectivity index (χ4v) is 4.63. The van der Waals surface area contributed by atoms with Gasteiger partial charge in [-0.1, -0.05) is 53.0 Å². The molecule has 0 aliphatic carbocycles. The molecule has 1 aliphatic heterocycles. The average Bonchev–Trinajstić information content (AvgIpc) is 3.10. The van der Waals surface area contributed by atoms with E-state index >= 15 is 0 Å². The summed E-state index contributed by atoms with van der Waals surface area (Å²) in [7, 11) is 1.73. The molecule has 5 nitrogen and oxygen atoms in total. The van der Waals surface area contributed by atoms with E-state index in [1.165, 1.54) is 11.8 Å². The number of thioether (sulfide) groups is 1. The molecule has 0 bridgehead atoms. The van der Waals surface area contributed by atoms with Gasteiger partial charge in [0.2, 0.25) is 0 Å². The van der Waals surface area contributed by atoms with Crippen molar-refractivity contribution in [1.29, 1.82) is 0 Å². The lowest BCUT2D eigenvalue weighted by molar-refractivity contribution is -0.121. The second kappa shape index (κ2) is 11.2. The monoisotopic (exact) mass is 526 g/mol. The van der Waals surface area contributed by atoms with E-state index in [9.17, 15) is 4.79 Å². The van der Waals surface area contributed by atoms with E-state index < -0.39 is 0 Å². The summed E-state index contributed by atoms with van der Waals surface area (Å²) in [6, 6.07) is 18.8. The van der Waals surface area contributed by atoms with E-state index in [4.69, 9.17) is 32.7 Å². The lowest BCUT2D eigenvalue weighted by atomic mass is 10.1. The maximum Gasteiger partial charge on any atom is 0.266 e. The summed E-state index contributed by atoms with van der Waals surface area (Å²) in [5.41, 5.74) is 3.69. The van der Waals surface area contributed by atoms with Crippen molar-refractivity contribution in [3.8, 4) is 11.5 Å². The van der Waals surface area contributed by atoms with Gasteiger partial charge in [-0.05, 0) is 79.2 Å². The van der Waals surface area contributed by atoms with Gasteiger partial charge < -0.3 is 9.47 Å². The van der Waals surface area contributed by atoms with Gasteiger partial charge in [-0.3, -0.25) is 9.69 Å². The van der Waals surface area contributed by atoms with Gasteiger partial charge in [0.25, 0.3) is 5.91 Å². The largest absolute Gasteiger partial charge is 0.490 e. The van der Waals surface area contributed by atoms with Gasteiger partial charge >= 0.3 is 0 Å². The van der Waals surface area contributed by atoms with Crippen LogP contribution in [-0.2, 0) is 11.4 Å². The van der Waals surface area contributed by atoms with Crippen LogP contribution < -0.4 is 9.47 Å². The highest BCUT2D eigenvalue weighted by Gasteiger charge is 2.30. The number of ether oxygens (including phenoxy) is 2. The van der Waals surface area contributed by atoms with Crippen molar-refractivity contribution >= 4 is 57.8 Å². The van der Waals surface area contributed by atoms with Gasteiger partial charge in [-0.25, -0.2) is 4.99 Å². The number of carbonyl (C=O) groups excluding carboxylic acids is 1. The van der Waals surface area contributed by atoms with Crippen LogP contribution in [0.15, 0.2) is 70.6 Å². The standard InChI is InChI=1S/C27H24Cl2N2O3S/c1-4-33-24-14-18(8-12-23(24)34-16-19-7-11-21(28)22(29)13-19)15-25-26(32)31(3)27(35-25)30-20-9-5-17(2)6-10-20/h5-15H,4,16H2,1-3H3/b25-15+,30-27?. The molecule has 8 heteroatoms. The number of halogens is 2. The molecule has 35 heavy (non-hydrogen) atoms. The second-order valence-corrected chi connectivity index (χ2v) is 9.70. The minimum Gasteiger partial charge on any atom is -0.490 e. The molecule has 0 saturated carbocycles. The summed E-state index contributed by atoms with van der Waals surface area (Å²) in [6.45, 7) is 4.73. The highest BCUT2D eigenvalue weighted by molar-refractivity contribution is 8.18. The number of hydrogen-bond donors (Lipinski definition) is 0. The number of amidine groups is 1. The number of carbonyl (C=O) groups is 1. The van der Waals surface area contributed by atoms with Gasteiger partial charge in [0.05, 0.1) is 27.2 Å². The molecule has 1 heterocycles.